The quantitative estimate of drug-likeness (QED) is 0.833. The summed E-state index contributed by atoms with van der Waals surface area (Å²) in [6, 6.07) is 8.65. The van der Waals surface area contributed by atoms with E-state index in [0.29, 0.717) is 6.04 Å². The van der Waals surface area contributed by atoms with Gasteiger partial charge in [0, 0.05) is 17.3 Å². The summed E-state index contributed by atoms with van der Waals surface area (Å²) in [5.41, 5.74) is 2.11. The number of para-hydroxylation sites is 1. The Hall–Kier alpha value is -1.02. The van der Waals surface area contributed by atoms with Crippen molar-refractivity contribution in [2.75, 3.05) is 5.32 Å². The van der Waals surface area contributed by atoms with E-state index in [1.54, 1.807) is 0 Å². The Bertz CT molecular complexity index is 351. The van der Waals surface area contributed by atoms with Gasteiger partial charge in [0.05, 0.1) is 6.61 Å². The molecule has 0 spiro atoms. The molecule has 94 valence electrons. The summed E-state index contributed by atoms with van der Waals surface area (Å²) in [5, 5.41) is 12.9. The van der Waals surface area contributed by atoms with Gasteiger partial charge in [0.15, 0.2) is 0 Å². The van der Waals surface area contributed by atoms with Crippen molar-refractivity contribution in [2.45, 2.75) is 51.7 Å². The first kappa shape index (κ1) is 12.4. The van der Waals surface area contributed by atoms with Crippen molar-refractivity contribution in [3.63, 3.8) is 0 Å². The van der Waals surface area contributed by atoms with Crippen LogP contribution in [0.2, 0.25) is 0 Å². The number of anilines is 1. The topological polar surface area (TPSA) is 32.3 Å². The summed E-state index contributed by atoms with van der Waals surface area (Å²) in [7, 11) is 0. The van der Waals surface area contributed by atoms with Gasteiger partial charge in [0.2, 0.25) is 0 Å². The van der Waals surface area contributed by atoms with Crippen LogP contribution in [0.25, 0.3) is 0 Å². The van der Waals surface area contributed by atoms with Crippen LogP contribution in [-0.2, 0) is 6.61 Å². The number of nitrogens with one attached hydrogen (secondary N) is 1. The van der Waals surface area contributed by atoms with Gasteiger partial charge in [0.25, 0.3) is 0 Å². The standard InChI is InChI=1S/C15H23NO/c1-2-12-6-5-8-14(10-12)16-15-9-4-3-7-13(15)11-17/h3-4,7,9,12,14,16-17H,2,5-6,8,10-11H2,1H3. The second kappa shape index (κ2) is 6.06. The van der Waals surface area contributed by atoms with Gasteiger partial charge in [-0.3, -0.25) is 0 Å². The summed E-state index contributed by atoms with van der Waals surface area (Å²) < 4.78 is 0. The van der Waals surface area contributed by atoms with Gasteiger partial charge in [-0.2, -0.15) is 0 Å². The van der Waals surface area contributed by atoms with E-state index in [9.17, 15) is 5.11 Å². The molecule has 0 amide bonds. The molecule has 1 aliphatic rings. The smallest absolute Gasteiger partial charge is 0.0701 e. The number of rotatable bonds is 4. The highest BCUT2D eigenvalue weighted by Crippen LogP contribution is 2.29. The molecule has 1 aromatic carbocycles. The van der Waals surface area contributed by atoms with Gasteiger partial charge in [0.1, 0.15) is 0 Å². The maximum Gasteiger partial charge on any atom is 0.0701 e. The van der Waals surface area contributed by atoms with E-state index < -0.39 is 0 Å². The molecule has 2 N–H and O–H groups in total. The minimum atomic E-state index is 0.118. The van der Waals surface area contributed by atoms with Crippen molar-refractivity contribution in [1.82, 2.24) is 0 Å². The molecule has 0 saturated heterocycles. The van der Waals surface area contributed by atoms with Crippen LogP contribution in [0.15, 0.2) is 24.3 Å². The molecule has 2 unspecified atom stereocenters. The Morgan fingerprint density at radius 3 is 2.88 bits per heavy atom. The highest BCUT2D eigenvalue weighted by molar-refractivity contribution is 5.51. The Morgan fingerprint density at radius 2 is 2.12 bits per heavy atom. The fourth-order valence-corrected chi connectivity index (χ4v) is 2.81. The second-order valence-corrected chi connectivity index (χ2v) is 5.10. The molecule has 0 aromatic heterocycles. The summed E-state index contributed by atoms with van der Waals surface area (Å²) in [6.45, 7) is 2.40. The fraction of sp³-hybridized carbons (Fsp3) is 0.600. The Balaban J connectivity index is 2.00. The van der Waals surface area contributed by atoms with Gasteiger partial charge in [-0.1, -0.05) is 44.4 Å². The van der Waals surface area contributed by atoms with Crippen molar-refractivity contribution >= 4 is 5.69 Å². The molecule has 0 heterocycles. The van der Waals surface area contributed by atoms with Gasteiger partial charge in [-0.15, -0.1) is 0 Å². The van der Waals surface area contributed by atoms with E-state index in [0.717, 1.165) is 17.2 Å². The monoisotopic (exact) mass is 233 g/mol. The molecule has 1 aliphatic carbocycles. The zero-order chi connectivity index (χ0) is 12.1. The van der Waals surface area contributed by atoms with Gasteiger partial charge < -0.3 is 10.4 Å². The maximum absolute atomic E-state index is 9.31. The van der Waals surface area contributed by atoms with E-state index in [-0.39, 0.29) is 6.61 Å². The zero-order valence-corrected chi connectivity index (χ0v) is 10.7. The lowest BCUT2D eigenvalue weighted by molar-refractivity contribution is 0.282. The summed E-state index contributed by atoms with van der Waals surface area (Å²) in [5.74, 6) is 0.877. The average molecular weight is 233 g/mol. The fourth-order valence-electron chi connectivity index (χ4n) is 2.81. The van der Waals surface area contributed by atoms with Crippen LogP contribution in [0, 0.1) is 5.92 Å². The normalized spacial score (nSPS) is 24.6. The van der Waals surface area contributed by atoms with Gasteiger partial charge in [-0.05, 0) is 24.8 Å². The van der Waals surface area contributed by atoms with Gasteiger partial charge >= 0.3 is 0 Å². The summed E-state index contributed by atoms with van der Waals surface area (Å²) >= 11 is 0. The van der Waals surface area contributed by atoms with Crippen LogP contribution in [0.4, 0.5) is 5.69 Å². The van der Waals surface area contributed by atoms with Crippen molar-refractivity contribution < 1.29 is 5.11 Å². The summed E-state index contributed by atoms with van der Waals surface area (Å²) in [6.07, 6.45) is 6.54. The van der Waals surface area contributed by atoms with Crippen molar-refractivity contribution in [3.8, 4) is 0 Å². The molecule has 0 radical (unpaired) electrons. The second-order valence-electron chi connectivity index (χ2n) is 5.10. The van der Waals surface area contributed by atoms with Crippen LogP contribution < -0.4 is 5.32 Å². The highest BCUT2D eigenvalue weighted by Gasteiger charge is 2.20. The van der Waals surface area contributed by atoms with Crippen LogP contribution in [0.5, 0.6) is 0 Å². The van der Waals surface area contributed by atoms with Crippen molar-refractivity contribution in [3.05, 3.63) is 29.8 Å². The Morgan fingerprint density at radius 1 is 1.29 bits per heavy atom. The molecule has 2 heteroatoms. The predicted molar refractivity (Wildman–Crippen MR) is 72.0 cm³/mol. The molecule has 2 atom stereocenters. The molecule has 2 nitrogen and oxygen atoms in total. The van der Waals surface area contributed by atoms with E-state index in [1.165, 1.54) is 32.1 Å². The van der Waals surface area contributed by atoms with E-state index in [2.05, 4.69) is 18.3 Å². The van der Waals surface area contributed by atoms with Crippen LogP contribution >= 0.6 is 0 Å². The van der Waals surface area contributed by atoms with E-state index >= 15 is 0 Å². The highest BCUT2D eigenvalue weighted by atomic mass is 16.3. The summed E-state index contributed by atoms with van der Waals surface area (Å²) in [4.78, 5) is 0. The molecular formula is C15H23NO. The lowest BCUT2D eigenvalue weighted by Gasteiger charge is -2.30. The zero-order valence-electron chi connectivity index (χ0n) is 10.7. The largest absolute Gasteiger partial charge is 0.392 e. The number of benzene rings is 1. The first-order chi connectivity index (χ1) is 8.33. The first-order valence-corrected chi connectivity index (χ1v) is 6.78. The van der Waals surface area contributed by atoms with Crippen LogP contribution in [0.3, 0.4) is 0 Å². The van der Waals surface area contributed by atoms with E-state index in [4.69, 9.17) is 0 Å². The molecular weight excluding hydrogens is 210 g/mol. The molecule has 0 bridgehead atoms. The number of hydrogen-bond donors (Lipinski definition) is 2. The lowest BCUT2D eigenvalue weighted by Crippen LogP contribution is -2.27. The van der Waals surface area contributed by atoms with Crippen molar-refractivity contribution in [1.29, 1.82) is 0 Å². The third kappa shape index (κ3) is 3.22. The minimum Gasteiger partial charge on any atom is -0.392 e. The average Bonchev–Trinajstić information content (AvgIpc) is 2.39. The van der Waals surface area contributed by atoms with Crippen molar-refractivity contribution in [2.24, 2.45) is 5.92 Å². The predicted octanol–water partition coefficient (Wildman–Crippen LogP) is 3.56. The van der Waals surface area contributed by atoms with Crippen LogP contribution in [0.1, 0.15) is 44.6 Å². The Labute approximate surface area is 104 Å². The third-order valence-corrected chi connectivity index (χ3v) is 3.91. The molecule has 1 aromatic rings. The SMILES string of the molecule is CCC1CCCC(Nc2ccccc2CO)C1. The van der Waals surface area contributed by atoms with E-state index in [1.807, 2.05) is 18.2 Å². The van der Waals surface area contributed by atoms with Crippen LogP contribution in [-0.4, -0.2) is 11.1 Å². The number of aliphatic hydroxyl groups excluding tert-OH is 1. The number of aliphatic hydroxyl groups is 1. The molecule has 2 rings (SSSR count). The van der Waals surface area contributed by atoms with Gasteiger partial charge in [-0.25, -0.2) is 0 Å². The minimum absolute atomic E-state index is 0.118. The molecule has 1 fully saturated rings. The molecule has 1 saturated carbocycles. The first-order valence-electron chi connectivity index (χ1n) is 6.78. The molecule has 0 aliphatic heterocycles. The third-order valence-electron chi connectivity index (χ3n) is 3.91. The number of hydrogen-bond acceptors (Lipinski definition) is 2. The maximum atomic E-state index is 9.31. The molecule has 17 heavy (non-hydrogen) atoms. The Kier molecular flexibility index (Phi) is 4.43. The lowest BCUT2D eigenvalue weighted by atomic mass is 9.84.